The minimum atomic E-state index is -0.487. The molecule has 1 heterocycles. The number of carbonyl (C=O) groups excluding carboxylic acids is 1. The lowest BCUT2D eigenvalue weighted by atomic mass is 9.98. The first-order valence-corrected chi connectivity index (χ1v) is 7.59. The number of pyridine rings is 1. The Labute approximate surface area is 131 Å². The average Bonchev–Trinajstić information content (AvgIpc) is 2.58. The molecule has 2 aromatic rings. The molecule has 22 heavy (non-hydrogen) atoms. The predicted octanol–water partition coefficient (Wildman–Crippen LogP) is 2.25. The molecule has 2 rings (SSSR count). The quantitative estimate of drug-likeness (QED) is 0.853. The van der Waals surface area contributed by atoms with Gasteiger partial charge in [0.25, 0.3) is 0 Å². The molecule has 0 saturated carbocycles. The van der Waals surface area contributed by atoms with E-state index < -0.39 is 5.92 Å². The Kier molecular flexibility index (Phi) is 6.10. The lowest BCUT2D eigenvalue weighted by Crippen LogP contribution is -2.37. The third kappa shape index (κ3) is 4.15. The molecule has 1 atom stereocenters. The summed E-state index contributed by atoms with van der Waals surface area (Å²) in [4.78, 5) is 18.5. The van der Waals surface area contributed by atoms with E-state index in [-0.39, 0.29) is 12.5 Å². The molecule has 0 saturated heterocycles. The summed E-state index contributed by atoms with van der Waals surface area (Å²) in [6.07, 6.45) is 4.30. The van der Waals surface area contributed by atoms with Crippen molar-refractivity contribution in [1.29, 1.82) is 0 Å². The van der Waals surface area contributed by atoms with Crippen molar-refractivity contribution in [2.45, 2.75) is 19.3 Å². The molecular formula is C18H22N2O2. The molecule has 0 aliphatic rings. The zero-order chi connectivity index (χ0) is 15.8. The van der Waals surface area contributed by atoms with Crippen LogP contribution in [0.4, 0.5) is 0 Å². The van der Waals surface area contributed by atoms with Crippen molar-refractivity contribution in [1.82, 2.24) is 9.88 Å². The van der Waals surface area contributed by atoms with Gasteiger partial charge >= 0.3 is 0 Å². The highest BCUT2D eigenvalue weighted by Gasteiger charge is 2.24. The van der Waals surface area contributed by atoms with Crippen LogP contribution in [0.2, 0.25) is 0 Å². The summed E-state index contributed by atoms with van der Waals surface area (Å²) in [6, 6.07) is 13.4. The number of aliphatic hydroxyl groups excluding tert-OH is 1. The van der Waals surface area contributed by atoms with Gasteiger partial charge in [-0.2, -0.15) is 0 Å². The summed E-state index contributed by atoms with van der Waals surface area (Å²) in [5.41, 5.74) is 2.01. The number of aromatic nitrogens is 1. The van der Waals surface area contributed by atoms with E-state index in [2.05, 4.69) is 4.98 Å². The smallest absolute Gasteiger partial charge is 0.232 e. The van der Waals surface area contributed by atoms with Gasteiger partial charge in [0.15, 0.2) is 0 Å². The van der Waals surface area contributed by atoms with E-state index in [0.717, 1.165) is 17.5 Å². The number of likely N-dealkylation sites (N-methyl/N-ethyl adjacent to an activating group) is 1. The van der Waals surface area contributed by atoms with Gasteiger partial charge in [-0.05, 0) is 36.6 Å². The molecule has 0 aliphatic heterocycles. The van der Waals surface area contributed by atoms with Gasteiger partial charge in [0, 0.05) is 25.5 Å². The van der Waals surface area contributed by atoms with E-state index >= 15 is 0 Å². The van der Waals surface area contributed by atoms with Crippen LogP contribution in [0.3, 0.4) is 0 Å². The average molecular weight is 298 g/mol. The van der Waals surface area contributed by atoms with E-state index in [4.69, 9.17) is 0 Å². The van der Waals surface area contributed by atoms with Gasteiger partial charge in [0.05, 0.1) is 12.5 Å². The van der Waals surface area contributed by atoms with Crippen molar-refractivity contribution in [3.05, 3.63) is 66.0 Å². The van der Waals surface area contributed by atoms with Crippen molar-refractivity contribution in [3.8, 4) is 0 Å². The SMILES string of the molecule is CCN(CCc1ccncc1)C(=O)C(CO)c1ccccc1. The minimum Gasteiger partial charge on any atom is -0.395 e. The summed E-state index contributed by atoms with van der Waals surface area (Å²) in [7, 11) is 0. The van der Waals surface area contributed by atoms with Gasteiger partial charge in [0.1, 0.15) is 0 Å². The first kappa shape index (κ1) is 16.2. The molecule has 0 fully saturated rings. The van der Waals surface area contributed by atoms with Crippen molar-refractivity contribution < 1.29 is 9.90 Å². The highest BCUT2D eigenvalue weighted by Crippen LogP contribution is 2.18. The fourth-order valence-corrected chi connectivity index (χ4v) is 2.47. The monoisotopic (exact) mass is 298 g/mol. The van der Waals surface area contributed by atoms with Crippen molar-refractivity contribution in [2.24, 2.45) is 0 Å². The largest absolute Gasteiger partial charge is 0.395 e. The van der Waals surface area contributed by atoms with Crippen LogP contribution >= 0.6 is 0 Å². The molecule has 1 unspecified atom stereocenters. The van der Waals surface area contributed by atoms with Crippen LogP contribution in [0.5, 0.6) is 0 Å². The van der Waals surface area contributed by atoms with Crippen LogP contribution in [0.1, 0.15) is 24.0 Å². The molecule has 0 radical (unpaired) electrons. The second-order valence-corrected chi connectivity index (χ2v) is 5.17. The molecular weight excluding hydrogens is 276 g/mol. The van der Waals surface area contributed by atoms with Crippen LogP contribution in [0, 0.1) is 0 Å². The molecule has 1 aromatic heterocycles. The van der Waals surface area contributed by atoms with Crippen LogP contribution in [-0.2, 0) is 11.2 Å². The standard InChI is InChI=1S/C18H22N2O2/c1-2-20(13-10-15-8-11-19-12-9-15)18(22)17(14-21)16-6-4-3-5-7-16/h3-9,11-12,17,21H,2,10,13-14H2,1H3. The fourth-order valence-electron chi connectivity index (χ4n) is 2.47. The zero-order valence-corrected chi connectivity index (χ0v) is 12.9. The Balaban J connectivity index is 2.04. The van der Waals surface area contributed by atoms with Crippen molar-refractivity contribution >= 4 is 5.91 Å². The third-order valence-electron chi connectivity index (χ3n) is 3.80. The minimum absolute atomic E-state index is 0.0229. The number of rotatable bonds is 7. The van der Waals surface area contributed by atoms with Crippen LogP contribution in [0.15, 0.2) is 54.9 Å². The van der Waals surface area contributed by atoms with E-state index in [1.807, 2.05) is 49.4 Å². The van der Waals surface area contributed by atoms with Gasteiger partial charge in [-0.25, -0.2) is 0 Å². The van der Waals surface area contributed by atoms with Crippen LogP contribution < -0.4 is 0 Å². The summed E-state index contributed by atoms with van der Waals surface area (Å²) < 4.78 is 0. The fraction of sp³-hybridized carbons (Fsp3) is 0.333. The van der Waals surface area contributed by atoms with Gasteiger partial charge in [-0.1, -0.05) is 30.3 Å². The molecule has 116 valence electrons. The second kappa shape index (κ2) is 8.29. The summed E-state index contributed by atoms with van der Waals surface area (Å²) in [5.74, 6) is -0.510. The van der Waals surface area contributed by atoms with Crippen LogP contribution in [0.25, 0.3) is 0 Å². The van der Waals surface area contributed by atoms with Gasteiger partial charge in [0.2, 0.25) is 5.91 Å². The lowest BCUT2D eigenvalue weighted by Gasteiger charge is -2.25. The molecule has 1 N–H and O–H groups in total. The van der Waals surface area contributed by atoms with E-state index in [1.54, 1.807) is 17.3 Å². The number of aliphatic hydroxyl groups is 1. The van der Waals surface area contributed by atoms with E-state index in [0.29, 0.717) is 13.1 Å². The number of amides is 1. The number of benzene rings is 1. The van der Waals surface area contributed by atoms with E-state index in [1.165, 1.54) is 0 Å². The lowest BCUT2D eigenvalue weighted by molar-refractivity contribution is -0.133. The maximum absolute atomic E-state index is 12.7. The Morgan fingerprint density at radius 3 is 2.45 bits per heavy atom. The van der Waals surface area contributed by atoms with E-state index in [9.17, 15) is 9.90 Å². The summed E-state index contributed by atoms with van der Waals surface area (Å²) in [6.45, 7) is 3.06. The maximum atomic E-state index is 12.7. The third-order valence-corrected chi connectivity index (χ3v) is 3.80. The Morgan fingerprint density at radius 2 is 1.86 bits per heavy atom. The van der Waals surface area contributed by atoms with Gasteiger partial charge < -0.3 is 10.0 Å². The van der Waals surface area contributed by atoms with Gasteiger partial charge in [-0.3, -0.25) is 9.78 Å². The maximum Gasteiger partial charge on any atom is 0.232 e. The predicted molar refractivity (Wildman–Crippen MR) is 86.5 cm³/mol. The Morgan fingerprint density at radius 1 is 1.18 bits per heavy atom. The summed E-state index contributed by atoms with van der Waals surface area (Å²) in [5, 5.41) is 9.62. The van der Waals surface area contributed by atoms with Crippen LogP contribution in [-0.4, -0.2) is 40.6 Å². The molecule has 1 amide bonds. The number of hydrogen-bond donors (Lipinski definition) is 1. The molecule has 0 bridgehead atoms. The first-order chi connectivity index (χ1) is 10.8. The highest BCUT2D eigenvalue weighted by molar-refractivity contribution is 5.83. The van der Waals surface area contributed by atoms with Crippen molar-refractivity contribution in [2.75, 3.05) is 19.7 Å². The zero-order valence-electron chi connectivity index (χ0n) is 12.9. The summed E-state index contributed by atoms with van der Waals surface area (Å²) >= 11 is 0. The first-order valence-electron chi connectivity index (χ1n) is 7.59. The van der Waals surface area contributed by atoms with Crippen molar-refractivity contribution in [3.63, 3.8) is 0 Å². The second-order valence-electron chi connectivity index (χ2n) is 5.17. The molecule has 4 heteroatoms. The Hall–Kier alpha value is -2.20. The Bertz CT molecular complexity index is 572. The normalized spacial score (nSPS) is 11.9. The number of nitrogens with zero attached hydrogens (tertiary/aromatic N) is 2. The number of hydrogen-bond acceptors (Lipinski definition) is 3. The molecule has 0 aliphatic carbocycles. The molecule has 0 spiro atoms. The molecule has 4 nitrogen and oxygen atoms in total. The highest BCUT2D eigenvalue weighted by atomic mass is 16.3. The molecule has 1 aromatic carbocycles. The van der Waals surface area contributed by atoms with Gasteiger partial charge in [-0.15, -0.1) is 0 Å². The number of carbonyl (C=O) groups is 1. The topological polar surface area (TPSA) is 53.4 Å².